The van der Waals surface area contributed by atoms with Crippen molar-refractivity contribution < 1.29 is 33.1 Å². The van der Waals surface area contributed by atoms with Gasteiger partial charge in [-0.05, 0) is 38.3 Å². The summed E-state index contributed by atoms with van der Waals surface area (Å²) in [6, 6.07) is -0.551. The van der Waals surface area contributed by atoms with Crippen LogP contribution in [0, 0.1) is 23.0 Å². The predicted molar refractivity (Wildman–Crippen MR) is 106 cm³/mol. The minimum absolute atomic E-state index is 0.0387. The van der Waals surface area contributed by atoms with Crippen LogP contribution in [0.5, 0.6) is 0 Å². The normalized spacial score (nSPS) is 29.4. The summed E-state index contributed by atoms with van der Waals surface area (Å²) in [5.41, 5.74) is -1.77. The molecule has 3 atom stereocenters. The van der Waals surface area contributed by atoms with Crippen molar-refractivity contribution in [3.63, 3.8) is 0 Å². The fourth-order valence-corrected chi connectivity index (χ4v) is 5.44. The molecule has 1 aliphatic carbocycles. The largest absolute Gasteiger partial charge is 0.411 e. The number of fused-ring (bicyclic) bond motifs is 4. The van der Waals surface area contributed by atoms with Gasteiger partial charge in [-0.1, -0.05) is 5.16 Å². The van der Waals surface area contributed by atoms with E-state index in [9.17, 15) is 19.6 Å². The number of ether oxygens (including phenoxy) is 1. The van der Waals surface area contributed by atoms with E-state index in [1.807, 2.05) is 0 Å². The second kappa shape index (κ2) is 6.96. The lowest BCUT2D eigenvalue weighted by Crippen LogP contribution is -2.75. The lowest BCUT2D eigenvalue weighted by Gasteiger charge is -2.55. The van der Waals surface area contributed by atoms with Gasteiger partial charge in [-0.2, -0.15) is 0 Å². The fourth-order valence-electron chi connectivity index (χ4n) is 5.44. The minimum Gasteiger partial charge on any atom is -0.411 e. The number of nitrogens with one attached hydrogen (secondary N) is 2. The minimum atomic E-state index is -1.79. The summed E-state index contributed by atoms with van der Waals surface area (Å²) < 4.78 is 36.5. The first kappa shape index (κ1) is 20.8. The highest BCUT2D eigenvalue weighted by atomic mass is 19.2. The van der Waals surface area contributed by atoms with Gasteiger partial charge in [-0.3, -0.25) is 20.2 Å². The van der Waals surface area contributed by atoms with E-state index in [-0.39, 0.29) is 47.5 Å². The van der Waals surface area contributed by atoms with Crippen molar-refractivity contribution >= 4 is 29.2 Å². The third-order valence-corrected chi connectivity index (χ3v) is 6.81. The van der Waals surface area contributed by atoms with Crippen LogP contribution in [-0.2, 0) is 20.7 Å². The number of anilines is 1. The van der Waals surface area contributed by atoms with Crippen molar-refractivity contribution in [2.24, 2.45) is 16.5 Å². The average molecular weight is 448 g/mol. The molecular formula is C21H22F2N4O5. The van der Waals surface area contributed by atoms with Crippen LogP contribution in [0.2, 0.25) is 0 Å². The molecule has 0 bridgehead atoms. The molecule has 0 radical (unpaired) electrons. The van der Waals surface area contributed by atoms with E-state index < -0.39 is 47.0 Å². The molecule has 1 saturated carbocycles. The highest BCUT2D eigenvalue weighted by Gasteiger charge is 2.63. The van der Waals surface area contributed by atoms with E-state index in [4.69, 9.17) is 4.74 Å². The Morgan fingerprint density at radius 3 is 2.44 bits per heavy atom. The van der Waals surface area contributed by atoms with Crippen LogP contribution < -0.4 is 15.5 Å². The first-order valence-electron chi connectivity index (χ1n) is 10.5. The van der Waals surface area contributed by atoms with Gasteiger partial charge in [0.05, 0.1) is 29.6 Å². The Hall–Kier alpha value is -3.08. The maximum absolute atomic E-state index is 15.5. The molecule has 1 spiro atoms. The topological polar surface area (TPSA) is 120 Å². The van der Waals surface area contributed by atoms with Crippen LogP contribution in [0.1, 0.15) is 37.8 Å². The molecule has 3 N–H and O–H groups in total. The van der Waals surface area contributed by atoms with Gasteiger partial charge in [0.15, 0.2) is 17.0 Å². The molecule has 3 fully saturated rings. The molecule has 4 aliphatic rings. The molecule has 1 aromatic rings. The number of barbiturate groups is 1. The molecule has 4 amide bonds. The van der Waals surface area contributed by atoms with Gasteiger partial charge >= 0.3 is 6.03 Å². The number of hydrogen-bond donors (Lipinski definition) is 3. The number of morpholine rings is 1. The number of imide groups is 2. The third kappa shape index (κ3) is 2.76. The van der Waals surface area contributed by atoms with Crippen LogP contribution in [0.15, 0.2) is 11.2 Å². The molecule has 2 saturated heterocycles. The molecule has 0 aromatic heterocycles. The van der Waals surface area contributed by atoms with Crippen LogP contribution in [0.3, 0.4) is 0 Å². The zero-order valence-corrected chi connectivity index (χ0v) is 17.4. The summed E-state index contributed by atoms with van der Waals surface area (Å²) >= 11 is 0. The van der Waals surface area contributed by atoms with E-state index in [0.29, 0.717) is 12.8 Å². The molecule has 32 heavy (non-hydrogen) atoms. The number of amides is 4. The summed E-state index contributed by atoms with van der Waals surface area (Å²) in [5.74, 6) is -4.09. The number of benzene rings is 1. The highest BCUT2D eigenvalue weighted by Crippen LogP contribution is 2.49. The smallest absolute Gasteiger partial charge is 0.328 e. The summed E-state index contributed by atoms with van der Waals surface area (Å²) in [4.78, 5) is 39.5. The number of rotatable bonds is 2. The molecule has 11 heteroatoms. The van der Waals surface area contributed by atoms with E-state index in [0.717, 1.165) is 0 Å². The van der Waals surface area contributed by atoms with Crippen LogP contribution in [0.4, 0.5) is 19.3 Å². The number of oxime groups is 1. The van der Waals surface area contributed by atoms with E-state index >= 15 is 8.78 Å². The number of carbonyl (C=O) groups is 3. The Labute approximate surface area is 181 Å². The lowest BCUT2D eigenvalue weighted by molar-refractivity contribution is -0.153. The van der Waals surface area contributed by atoms with Crippen LogP contribution in [0.25, 0.3) is 0 Å². The molecule has 1 aromatic carbocycles. The van der Waals surface area contributed by atoms with Crippen molar-refractivity contribution in [2.45, 2.75) is 51.4 Å². The third-order valence-electron chi connectivity index (χ3n) is 6.81. The molecule has 9 nitrogen and oxygen atoms in total. The predicted octanol–water partition coefficient (Wildman–Crippen LogP) is 1.44. The molecule has 5 rings (SSSR count). The second-order valence-corrected chi connectivity index (χ2v) is 8.95. The summed E-state index contributed by atoms with van der Waals surface area (Å²) in [6.45, 7) is 3.52. The van der Waals surface area contributed by atoms with Crippen LogP contribution in [-0.4, -0.2) is 53.6 Å². The van der Waals surface area contributed by atoms with Crippen molar-refractivity contribution in [1.82, 2.24) is 10.6 Å². The monoisotopic (exact) mass is 448 g/mol. The molecule has 3 heterocycles. The van der Waals surface area contributed by atoms with E-state index in [2.05, 4.69) is 15.8 Å². The molecule has 0 unspecified atom stereocenters. The Morgan fingerprint density at radius 1 is 1.19 bits per heavy atom. The van der Waals surface area contributed by atoms with Gasteiger partial charge < -0.3 is 14.8 Å². The van der Waals surface area contributed by atoms with Gasteiger partial charge in [0, 0.05) is 24.4 Å². The zero-order chi connectivity index (χ0) is 22.9. The second-order valence-electron chi connectivity index (χ2n) is 8.95. The maximum atomic E-state index is 15.5. The van der Waals surface area contributed by atoms with E-state index in [1.165, 1.54) is 11.0 Å². The first-order chi connectivity index (χ1) is 15.2. The van der Waals surface area contributed by atoms with Gasteiger partial charge in [0.25, 0.3) is 0 Å². The van der Waals surface area contributed by atoms with Gasteiger partial charge in [0.1, 0.15) is 0 Å². The lowest BCUT2D eigenvalue weighted by atomic mass is 9.66. The van der Waals surface area contributed by atoms with Gasteiger partial charge in [0.2, 0.25) is 11.8 Å². The number of carbonyl (C=O) groups excluding carboxylic acids is 3. The molecular weight excluding hydrogens is 426 g/mol. The number of urea groups is 1. The fraction of sp³-hybridized carbons (Fsp3) is 0.524. The van der Waals surface area contributed by atoms with Crippen molar-refractivity contribution in [3.8, 4) is 0 Å². The Morgan fingerprint density at radius 2 is 1.84 bits per heavy atom. The number of hydrogen-bond acceptors (Lipinski definition) is 7. The van der Waals surface area contributed by atoms with Crippen molar-refractivity contribution in [1.29, 1.82) is 0 Å². The molecule has 3 aliphatic heterocycles. The maximum Gasteiger partial charge on any atom is 0.328 e. The standard InChI is InChI=1S/C21H22F2N4O5/c1-8-7-27-16-11(5-12(13(22)14(16)23)15(26-31)10-3-4-10)6-21(17(27)9(2)32-8)18(28)24-20(30)25-19(21)29/h5,8-10,17,31H,3-4,6-7H2,1-2H3,(H2,24,25,28,29,30)/b26-15+/t8-,9+,17-/m1/s1. The van der Waals surface area contributed by atoms with E-state index in [1.54, 1.807) is 13.8 Å². The Kier molecular flexibility index (Phi) is 4.52. The summed E-state index contributed by atoms with van der Waals surface area (Å²) in [6.07, 6.45) is 0.0251. The van der Waals surface area contributed by atoms with Crippen molar-refractivity contribution in [3.05, 3.63) is 28.8 Å². The van der Waals surface area contributed by atoms with Crippen LogP contribution >= 0.6 is 0 Å². The summed E-state index contributed by atoms with van der Waals surface area (Å²) in [5, 5.41) is 16.9. The van der Waals surface area contributed by atoms with Gasteiger partial charge in [-0.25, -0.2) is 13.6 Å². The number of nitrogens with zero attached hydrogens (tertiary/aromatic N) is 2. The Bertz CT molecular complexity index is 1070. The SMILES string of the molecule is C[C@@H]1CN2c3c(cc(/C(=N/O)C4CC4)c(F)c3F)CC3(C(=O)NC(=O)NC3=O)[C@H]2[C@H](C)O1. The zero-order valence-electron chi connectivity index (χ0n) is 17.4. The molecule has 170 valence electrons. The average Bonchev–Trinajstić information content (AvgIpc) is 3.54. The first-order valence-corrected chi connectivity index (χ1v) is 10.5. The highest BCUT2D eigenvalue weighted by molar-refractivity contribution is 6.20. The van der Waals surface area contributed by atoms with Crippen molar-refractivity contribution in [2.75, 3.05) is 11.4 Å². The Balaban J connectivity index is 1.74. The quantitative estimate of drug-likeness (QED) is 0.273. The number of halogens is 2. The van der Waals surface area contributed by atoms with Gasteiger partial charge in [-0.15, -0.1) is 0 Å². The summed E-state index contributed by atoms with van der Waals surface area (Å²) in [7, 11) is 0.